The van der Waals surface area contributed by atoms with Crippen molar-refractivity contribution in [1.82, 2.24) is 29.7 Å². The Morgan fingerprint density at radius 3 is 2.54 bits per heavy atom. The Kier molecular flexibility index (Phi) is 9.23. The summed E-state index contributed by atoms with van der Waals surface area (Å²) in [4.78, 5) is 43.2. The molecule has 208 valence electrons. The van der Waals surface area contributed by atoms with Gasteiger partial charge < -0.3 is 24.6 Å². The molecule has 0 aliphatic carbocycles. The number of benzene rings is 1. The van der Waals surface area contributed by atoms with Gasteiger partial charge in [0, 0.05) is 50.9 Å². The molecule has 1 aliphatic rings. The SMILES string of the molecule is COc1cccc(OC)c1CNC(=O)CC1CN(c2cc(Cl)nc(-n3ccnc3)n2)CCN1C(=O)CC(C)C. The Bertz CT molecular complexity index is 1260. The third kappa shape index (κ3) is 6.97. The van der Waals surface area contributed by atoms with E-state index in [0.717, 1.165) is 5.56 Å². The van der Waals surface area contributed by atoms with Gasteiger partial charge in [-0.3, -0.25) is 14.2 Å². The van der Waals surface area contributed by atoms with Crippen molar-refractivity contribution in [2.45, 2.75) is 39.3 Å². The third-order valence-electron chi connectivity index (χ3n) is 6.53. The third-order valence-corrected chi connectivity index (χ3v) is 6.72. The summed E-state index contributed by atoms with van der Waals surface area (Å²) in [5.41, 5.74) is 0.747. The van der Waals surface area contributed by atoms with E-state index in [9.17, 15) is 9.59 Å². The number of amides is 2. The first-order valence-electron chi connectivity index (χ1n) is 12.8. The first kappa shape index (κ1) is 28.2. The first-order valence-corrected chi connectivity index (χ1v) is 13.2. The number of nitrogens with zero attached hydrogens (tertiary/aromatic N) is 6. The molecule has 0 bridgehead atoms. The molecule has 0 radical (unpaired) electrons. The number of nitrogens with one attached hydrogen (secondary N) is 1. The molecule has 1 aromatic carbocycles. The van der Waals surface area contributed by atoms with Crippen molar-refractivity contribution in [3.05, 3.63) is 53.7 Å². The van der Waals surface area contributed by atoms with Gasteiger partial charge >= 0.3 is 0 Å². The molecular formula is C27H34ClN7O4. The minimum Gasteiger partial charge on any atom is -0.496 e. The van der Waals surface area contributed by atoms with Crippen LogP contribution in [0.4, 0.5) is 5.82 Å². The predicted octanol–water partition coefficient (Wildman–Crippen LogP) is 3.10. The standard InChI is InChI=1S/C27H34ClN7O4/c1-18(2)12-26(37)35-11-10-33(24-14-23(28)31-27(32-24)34-9-8-29-17-34)16-19(35)13-25(36)30-15-20-21(38-3)6-5-7-22(20)39-4/h5-9,14,17-19H,10-13,15-16H2,1-4H3,(H,30,36). The summed E-state index contributed by atoms with van der Waals surface area (Å²) in [6, 6.07) is 6.81. The van der Waals surface area contributed by atoms with Gasteiger partial charge in [-0.25, -0.2) is 9.97 Å². The van der Waals surface area contributed by atoms with Crippen LogP contribution in [-0.4, -0.2) is 76.1 Å². The van der Waals surface area contributed by atoms with Crippen LogP contribution < -0.4 is 19.7 Å². The van der Waals surface area contributed by atoms with Gasteiger partial charge in [0.05, 0.1) is 32.4 Å². The maximum atomic E-state index is 13.2. The molecule has 4 rings (SSSR count). The fourth-order valence-corrected chi connectivity index (χ4v) is 4.83. The van der Waals surface area contributed by atoms with Gasteiger partial charge in [0.25, 0.3) is 0 Å². The lowest BCUT2D eigenvalue weighted by molar-refractivity contribution is -0.136. The number of hydrogen-bond acceptors (Lipinski definition) is 8. The summed E-state index contributed by atoms with van der Waals surface area (Å²) < 4.78 is 12.6. The van der Waals surface area contributed by atoms with Crippen LogP contribution in [0.5, 0.6) is 11.5 Å². The van der Waals surface area contributed by atoms with Gasteiger partial charge in [-0.1, -0.05) is 31.5 Å². The number of methoxy groups -OCH3 is 2. The quantitative estimate of drug-likeness (QED) is 0.380. The average molecular weight is 556 g/mol. The molecule has 2 amide bonds. The van der Waals surface area contributed by atoms with Crippen LogP contribution >= 0.6 is 11.6 Å². The highest BCUT2D eigenvalue weighted by Crippen LogP contribution is 2.28. The van der Waals surface area contributed by atoms with Crippen LogP contribution in [-0.2, 0) is 16.1 Å². The van der Waals surface area contributed by atoms with E-state index < -0.39 is 0 Å². The summed E-state index contributed by atoms with van der Waals surface area (Å²) in [6.07, 6.45) is 5.52. The zero-order chi connectivity index (χ0) is 27.9. The van der Waals surface area contributed by atoms with E-state index >= 15 is 0 Å². The zero-order valence-electron chi connectivity index (χ0n) is 22.6. The fraction of sp³-hybridized carbons (Fsp3) is 0.444. The molecule has 1 unspecified atom stereocenters. The van der Waals surface area contributed by atoms with Crippen molar-refractivity contribution in [3.63, 3.8) is 0 Å². The highest BCUT2D eigenvalue weighted by Gasteiger charge is 2.33. The van der Waals surface area contributed by atoms with Crippen molar-refractivity contribution in [3.8, 4) is 17.4 Å². The lowest BCUT2D eigenvalue weighted by Gasteiger charge is -2.42. The molecule has 1 saturated heterocycles. The number of aromatic nitrogens is 4. The minimum atomic E-state index is -0.352. The lowest BCUT2D eigenvalue weighted by atomic mass is 10.0. The summed E-state index contributed by atoms with van der Waals surface area (Å²) in [7, 11) is 3.15. The number of carbonyl (C=O) groups is 2. The second-order valence-electron chi connectivity index (χ2n) is 9.73. The number of piperazine rings is 1. The molecule has 11 nitrogen and oxygen atoms in total. The van der Waals surface area contributed by atoms with Crippen LogP contribution in [0.3, 0.4) is 0 Å². The fourth-order valence-electron chi connectivity index (χ4n) is 4.66. The molecule has 12 heteroatoms. The van der Waals surface area contributed by atoms with E-state index in [1.807, 2.05) is 41.8 Å². The van der Waals surface area contributed by atoms with Crippen molar-refractivity contribution in [1.29, 1.82) is 0 Å². The second kappa shape index (κ2) is 12.8. The van der Waals surface area contributed by atoms with Crippen molar-refractivity contribution < 1.29 is 19.1 Å². The van der Waals surface area contributed by atoms with Crippen LogP contribution in [0, 0.1) is 5.92 Å². The number of halogens is 1. The largest absolute Gasteiger partial charge is 0.496 e. The molecule has 1 atom stereocenters. The van der Waals surface area contributed by atoms with E-state index in [2.05, 4.69) is 20.3 Å². The number of imidazole rings is 1. The number of ether oxygens (including phenoxy) is 2. The molecule has 0 spiro atoms. The van der Waals surface area contributed by atoms with E-state index in [1.54, 1.807) is 43.6 Å². The van der Waals surface area contributed by atoms with E-state index in [0.29, 0.717) is 54.5 Å². The highest BCUT2D eigenvalue weighted by atomic mass is 35.5. The molecule has 1 fully saturated rings. The van der Waals surface area contributed by atoms with E-state index in [1.165, 1.54) is 0 Å². The first-order chi connectivity index (χ1) is 18.8. The summed E-state index contributed by atoms with van der Waals surface area (Å²) in [6.45, 7) is 5.70. The highest BCUT2D eigenvalue weighted by molar-refractivity contribution is 6.29. The van der Waals surface area contributed by atoms with Crippen molar-refractivity contribution in [2.75, 3.05) is 38.8 Å². The number of anilines is 1. The van der Waals surface area contributed by atoms with E-state index in [4.69, 9.17) is 21.1 Å². The monoisotopic (exact) mass is 555 g/mol. The van der Waals surface area contributed by atoms with Crippen LogP contribution in [0.15, 0.2) is 43.0 Å². The maximum absolute atomic E-state index is 13.2. The van der Waals surface area contributed by atoms with Gasteiger partial charge in [-0.2, -0.15) is 4.98 Å². The van der Waals surface area contributed by atoms with Gasteiger partial charge in [0.2, 0.25) is 17.8 Å². The Hall–Kier alpha value is -3.86. The molecule has 39 heavy (non-hydrogen) atoms. The van der Waals surface area contributed by atoms with Gasteiger partial charge in [0.15, 0.2) is 0 Å². The summed E-state index contributed by atoms with van der Waals surface area (Å²) in [5, 5.41) is 3.27. The van der Waals surface area contributed by atoms with E-state index in [-0.39, 0.29) is 36.7 Å². The topological polar surface area (TPSA) is 115 Å². The molecule has 0 saturated carbocycles. The van der Waals surface area contributed by atoms with Crippen LogP contribution in [0.25, 0.3) is 5.95 Å². The lowest BCUT2D eigenvalue weighted by Crippen LogP contribution is -2.56. The molecule has 2 aromatic heterocycles. The number of carbonyl (C=O) groups excluding carboxylic acids is 2. The molecule has 3 aromatic rings. The molecular weight excluding hydrogens is 522 g/mol. The maximum Gasteiger partial charge on any atom is 0.238 e. The number of rotatable bonds is 10. The molecule has 1 N–H and O–H groups in total. The predicted molar refractivity (Wildman–Crippen MR) is 147 cm³/mol. The van der Waals surface area contributed by atoms with Crippen LogP contribution in [0.2, 0.25) is 5.15 Å². The minimum absolute atomic E-state index is 0.0358. The van der Waals surface area contributed by atoms with Gasteiger partial charge in [-0.05, 0) is 18.1 Å². The summed E-state index contributed by atoms with van der Waals surface area (Å²) >= 11 is 6.33. The molecule has 1 aliphatic heterocycles. The van der Waals surface area contributed by atoms with Crippen molar-refractivity contribution >= 4 is 29.2 Å². The Morgan fingerprint density at radius 2 is 1.90 bits per heavy atom. The smallest absolute Gasteiger partial charge is 0.238 e. The Labute approximate surface area is 233 Å². The van der Waals surface area contributed by atoms with Gasteiger partial charge in [-0.15, -0.1) is 0 Å². The normalized spacial score (nSPS) is 15.4. The van der Waals surface area contributed by atoms with Crippen molar-refractivity contribution in [2.24, 2.45) is 5.92 Å². The molecule has 3 heterocycles. The average Bonchev–Trinajstić information content (AvgIpc) is 3.46. The Balaban J connectivity index is 1.52. The summed E-state index contributed by atoms with van der Waals surface area (Å²) in [5.74, 6) is 2.34. The number of hydrogen-bond donors (Lipinski definition) is 1. The zero-order valence-corrected chi connectivity index (χ0v) is 23.4. The van der Waals surface area contributed by atoms with Gasteiger partial charge in [0.1, 0.15) is 28.8 Å². The van der Waals surface area contributed by atoms with Crippen LogP contribution in [0.1, 0.15) is 32.3 Å². The second-order valence-corrected chi connectivity index (χ2v) is 10.1. The Morgan fingerprint density at radius 1 is 1.15 bits per heavy atom.